The molecule has 0 aliphatic carbocycles. The molecule has 1 aromatic heterocycles. The van der Waals surface area contributed by atoms with Crippen LogP contribution in [0.3, 0.4) is 0 Å². The number of piperidine rings is 1. The third-order valence-electron chi connectivity index (χ3n) is 5.70. The van der Waals surface area contributed by atoms with E-state index in [1.807, 2.05) is 39.0 Å². The van der Waals surface area contributed by atoms with Crippen molar-refractivity contribution in [2.24, 2.45) is 5.92 Å². The van der Waals surface area contributed by atoms with E-state index < -0.39 is 5.60 Å². The van der Waals surface area contributed by atoms with Gasteiger partial charge in [-0.3, -0.25) is 4.57 Å². The van der Waals surface area contributed by atoms with E-state index in [2.05, 4.69) is 41.8 Å². The van der Waals surface area contributed by atoms with Gasteiger partial charge in [0.25, 0.3) is 6.01 Å². The fraction of sp³-hybridized carbons (Fsp3) is 0.462. The Kier molecular flexibility index (Phi) is 6.40. The van der Waals surface area contributed by atoms with Gasteiger partial charge in [0.1, 0.15) is 5.60 Å². The van der Waals surface area contributed by atoms with Crippen LogP contribution >= 0.6 is 0 Å². The van der Waals surface area contributed by atoms with Crippen LogP contribution < -0.4 is 4.74 Å². The van der Waals surface area contributed by atoms with Crippen LogP contribution in [0.4, 0.5) is 4.79 Å². The molecule has 0 N–H and O–H groups in total. The zero-order valence-electron chi connectivity index (χ0n) is 19.5. The summed E-state index contributed by atoms with van der Waals surface area (Å²) in [5.41, 5.74) is 3.95. The Hall–Kier alpha value is -3.02. The summed E-state index contributed by atoms with van der Waals surface area (Å²) in [5, 5.41) is 0. The van der Waals surface area contributed by atoms with Crippen LogP contribution in [0.25, 0.3) is 11.0 Å². The second-order valence-corrected chi connectivity index (χ2v) is 9.70. The molecule has 1 aliphatic rings. The number of aromatic nitrogens is 2. The number of amides is 1. The van der Waals surface area contributed by atoms with E-state index in [4.69, 9.17) is 14.5 Å². The summed E-state index contributed by atoms with van der Waals surface area (Å²) in [6.07, 6.45) is 1.73. The Balaban J connectivity index is 1.47. The lowest BCUT2D eigenvalue weighted by Crippen LogP contribution is -2.44. The monoisotopic (exact) mass is 435 g/mol. The van der Waals surface area contributed by atoms with E-state index in [9.17, 15) is 4.79 Å². The Morgan fingerprint density at radius 1 is 1.12 bits per heavy atom. The molecular weight excluding hydrogens is 402 g/mol. The van der Waals surface area contributed by atoms with E-state index in [1.54, 1.807) is 4.90 Å². The summed E-state index contributed by atoms with van der Waals surface area (Å²) < 4.78 is 13.9. The summed E-state index contributed by atoms with van der Waals surface area (Å²) in [4.78, 5) is 19.0. The Labute approximate surface area is 190 Å². The molecule has 1 atom stereocenters. The van der Waals surface area contributed by atoms with Gasteiger partial charge in [-0.25, -0.2) is 4.79 Å². The molecular formula is C26H33N3O3. The van der Waals surface area contributed by atoms with E-state index in [0.29, 0.717) is 25.7 Å². The van der Waals surface area contributed by atoms with Gasteiger partial charge in [-0.2, -0.15) is 4.98 Å². The SMILES string of the molecule is Cc1ccc(Cn2c(OCC3CCCN(C(=O)OC(C)(C)C)C3)nc3ccccc32)cc1. The molecule has 0 saturated carbocycles. The van der Waals surface area contributed by atoms with Crippen LogP contribution in [0.2, 0.25) is 0 Å². The predicted molar refractivity (Wildman–Crippen MR) is 126 cm³/mol. The van der Waals surface area contributed by atoms with Crippen molar-refractivity contribution in [3.05, 3.63) is 59.7 Å². The number of likely N-dealkylation sites (tertiary alicyclic amines) is 1. The molecule has 1 aliphatic heterocycles. The molecule has 0 bridgehead atoms. The lowest BCUT2D eigenvalue weighted by atomic mass is 9.99. The average molecular weight is 436 g/mol. The van der Waals surface area contributed by atoms with Crippen molar-refractivity contribution < 1.29 is 14.3 Å². The molecule has 1 fully saturated rings. The maximum atomic E-state index is 12.5. The van der Waals surface area contributed by atoms with Crippen LogP contribution in [0, 0.1) is 12.8 Å². The normalized spacial score (nSPS) is 16.9. The Morgan fingerprint density at radius 2 is 1.88 bits per heavy atom. The highest BCUT2D eigenvalue weighted by atomic mass is 16.6. The number of para-hydroxylation sites is 2. The minimum atomic E-state index is -0.485. The fourth-order valence-electron chi connectivity index (χ4n) is 4.08. The zero-order valence-corrected chi connectivity index (χ0v) is 19.5. The lowest BCUT2D eigenvalue weighted by molar-refractivity contribution is 0.0136. The molecule has 3 aromatic rings. The van der Waals surface area contributed by atoms with Crippen molar-refractivity contribution in [1.82, 2.24) is 14.5 Å². The zero-order chi connectivity index (χ0) is 22.7. The van der Waals surface area contributed by atoms with E-state index in [0.717, 1.165) is 30.4 Å². The van der Waals surface area contributed by atoms with Gasteiger partial charge in [0.2, 0.25) is 0 Å². The quantitative estimate of drug-likeness (QED) is 0.537. The molecule has 2 aromatic carbocycles. The first-order valence-corrected chi connectivity index (χ1v) is 11.4. The van der Waals surface area contributed by atoms with Crippen molar-refractivity contribution in [1.29, 1.82) is 0 Å². The van der Waals surface area contributed by atoms with Crippen LogP contribution in [-0.2, 0) is 11.3 Å². The van der Waals surface area contributed by atoms with Gasteiger partial charge < -0.3 is 14.4 Å². The molecule has 32 heavy (non-hydrogen) atoms. The van der Waals surface area contributed by atoms with Gasteiger partial charge >= 0.3 is 6.09 Å². The number of carbonyl (C=O) groups excluding carboxylic acids is 1. The topological polar surface area (TPSA) is 56.6 Å². The first-order chi connectivity index (χ1) is 15.3. The summed E-state index contributed by atoms with van der Waals surface area (Å²) in [7, 11) is 0. The number of carbonyl (C=O) groups is 1. The van der Waals surface area contributed by atoms with Crippen molar-refractivity contribution in [3.63, 3.8) is 0 Å². The maximum Gasteiger partial charge on any atom is 0.410 e. The third kappa shape index (κ3) is 5.42. The fourth-order valence-corrected chi connectivity index (χ4v) is 4.08. The standard InChI is InChI=1S/C26H33N3O3/c1-19-11-13-20(14-12-19)17-29-23-10-6-5-9-22(23)27-24(29)31-18-21-8-7-15-28(16-21)25(30)32-26(2,3)4/h5-6,9-14,21H,7-8,15-18H2,1-4H3. The second-order valence-electron chi connectivity index (χ2n) is 9.70. The molecule has 2 heterocycles. The van der Waals surface area contributed by atoms with Crippen molar-refractivity contribution >= 4 is 17.1 Å². The number of nitrogens with zero attached hydrogens (tertiary/aromatic N) is 3. The Bertz CT molecular complexity index is 1070. The number of aryl methyl sites for hydroxylation is 1. The van der Waals surface area contributed by atoms with Crippen molar-refractivity contribution in [3.8, 4) is 6.01 Å². The highest BCUT2D eigenvalue weighted by Crippen LogP contribution is 2.25. The summed E-state index contributed by atoms with van der Waals surface area (Å²) >= 11 is 0. The third-order valence-corrected chi connectivity index (χ3v) is 5.70. The number of hydrogen-bond acceptors (Lipinski definition) is 4. The van der Waals surface area contributed by atoms with Gasteiger partial charge in [-0.05, 0) is 58.2 Å². The van der Waals surface area contributed by atoms with Gasteiger partial charge in [0.05, 0.1) is 24.2 Å². The second kappa shape index (κ2) is 9.23. The predicted octanol–water partition coefficient (Wildman–Crippen LogP) is 5.42. The first-order valence-electron chi connectivity index (χ1n) is 11.4. The molecule has 0 spiro atoms. The number of benzene rings is 2. The summed E-state index contributed by atoms with van der Waals surface area (Å²) in [6.45, 7) is 10.4. The molecule has 4 rings (SSSR count). The van der Waals surface area contributed by atoms with E-state index in [-0.39, 0.29) is 12.0 Å². The maximum absolute atomic E-state index is 12.5. The first kappa shape index (κ1) is 22.2. The van der Waals surface area contributed by atoms with Gasteiger partial charge in [0, 0.05) is 19.0 Å². The highest BCUT2D eigenvalue weighted by molar-refractivity contribution is 5.76. The van der Waals surface area contributed by atoms with Crippen LogP contribution in [0.5, 0.6) is 6.01 Å². The molecule has 1 amide bonds. The summed E-state index contributed by atoms with van der Waals surface area (Å²) in [5.74, 6) is 0.254. The van der Waals surface area contributed by atoms with E-state index in [1.165, 1.54) is 11.1 Å². The van der Waals surface area contributed by atoms with Gasteiger partial charge in [-0.15, -0.1) is 0 Å². The van der Waals surface area contributed by atoms with Gasteiger partial charge in [0.15, 0.2) is 0 Å². The molecule has 6 nitrogen and oxygen atoms in total. The van der Waals surface area contributed by atoms with Crippen molar-refractivity contribution in [2.75, 3.05) is 19.7 Å². The minimum Gasteiger partial charge on any atom is -0.464 e. The van der Waals surface area contributed by atoms with Crippen LogP contribution in [0.1, 0.15) is 44.7 Å². The highest BCUT2D eigenvalue weighted by Gasteiger charge is 2.28. The van der Waals surface area contributed by atoms with Crippen LogP contribution in [-0.4, -0.2) is 45.8 Å². The number of hydrogen-bond donors (Lipinski definition) is 0. The molecule has 1 saturated heterocycles. The minimum absolute atomic E-state index is 0.242. The number of rotatable bonds is 5. The Morgan fingerprint density at radius 3 is 2.62 bits per heavy atom. The summed E-state index contributed by atoms with van der Waals surface area (Å²) in [6, 6.07) is 17.3. The number of fused-ring (bicyclic) bond motifs is 1. The number of ether oxygens (including phenoxy) is 2. The van der Waals surface area contributed by atoms with Gasteiger partial charge in [-0.1, -0.05) is 42.0 Å². The van der Waals surface area contributed by atoms with Crippen LogP contribution in [0.15, 0.2) is 48.5 Å². The molecule has 1 unspecified atom stereocenters. The van der Waals surface area contributed by atoms with Crippen molar-refractivity contribution in [2.45, 2.75) is 52.7 Å². The molecule has 170 valence electrons. The molecule has 0 radical (unpaired) electrons. The number of imidazole rings is 1. The average Bonchev–Trinajstić information content (AvgIpc) is 3.10. The molecule has 6 heteroatoms. The smallest absolute Gasteiger partial charge is 0.410 e. The lowest BCUT2D eigenvalue weighted by Gasteiger charge is -2.33. The van der Waals surface area contributed by atoms with E-state index >= 15 is 0 Å². The largest absolute Gasteiger partial charge is 0.464 e.